The molecule has 6 nitrogen and oxygen atoms in total. The van der Waals surface area contributed by atoms with Crippen molar-refractivity contribution in [3.05, 3.63) is 40.2 Å². The molecule has 0 aliphatic heterocycles. The van der Waals surface area contributed by atoms with Gasteiger partial charge in [0.15, 0.2) is 5.82 Å². The van der Waals surface area contributed by atoms with Crippen molar-refractivity contribution in [2.75, 3.05) is 10.5 Å². The highest BCUT2D eigenvalue weighted by Crippen LogP contribution is 2.23. The maximum Gasteiger partial charge on any atom is 0.263 e. The van der Waals surface area contributed by atoms with E-state index in [1.807, 2.05) is 0 Å². The minimum absolute atomic E-state index is 0.00332. The highest BCUT2D eigenvalue weighted by molar-refractivity contribution is 9.10. The van der Waals surface area contributed by atoms with Gasteiger partial charge >= 0.3 is 0 Å². The minimum atomic E-state index is -3.77. The van der Waals surface area contributed by atoms with Gasteiger partial charge in [-0.2, -0.15) is 0 Å². The first kappa shape index (κ1) is 14.0. The monoisotopic (exact) mass is 362 g/mol. The molecule has 0 fully saturated rings. The first-order valence-corrected chi connectivity index (χ1v) is 7.59. The third-order valence-corrected chi connectivity index (χ3v) is 4.23. The summed E-state index contributed by atoms with van der Waals surface area (Å²) in [5.74, 6) is 0.108. The average Bonchev–Trinajstić information content (AvgIpc) is 2.35. The van der Waals surface area contributed by atoms with Gasteiger partial charge in [0.1, 0.15) is 4.60 Å². The summed E-state index contributed by atoms with van der Waals surface area (Å²) >= 11 is 8.90. The molecule has 0 unspecified atom stereocenters. The lowest BCUT2D eigenvalue weighted by Gasteiger charge is -2.08. The minimum Gasteiger partial charge on any atom is -0.398 e. The van der Waals surface area contributed by atoms with Crippen molar-refractivity contribution in [3.8, 4) is 0 Å². The van der Waals surface area contributed by atoms with E-state index in [0.717, 1.165) is 0 Å². The lowest BCUT2D eigenvalue weighted by Crippen LogP contribution is -2.14. The number of rotatable bonds is 3. The predicted octanol–water partition coefficient (Wildman–Crippen LogP) is 2.28. The standard InChI is InChI=1S/C10H8BrClN4O2S/c11-9-4-15-10(5-14-9)16-19(17,18)6-1-2-8(13)7(12)3-6/h1-5H,13H2,(H,15,16). The molecule has 1 aromatic heterocycles. The van der Waals surface area contributed by atoms with Gasteiger partial charge in [0, 0.05) is 0 Å². The van der Waals surface area contributed by atoms with Gasteiger partial charge in [0.25, 0.3) is 10.0 Å². The van der Waals surface area contributed by atoms with Crippen molar-refractivity contribution in [2.45, 2.75) is 4.90 Å². The number of nitrogens with two attached hydrogens (primary N) is 1. The Labute approximate surface area is 123 Å². The summed E-state index contributed by atoms with van der Waals surface area (Å²) < 4.78 is 26.9. The number of hydrogen-bond acceptors (Lipinski definition) is 5. The van der Waals surface area contributed by atoms with E-state index in [0.29, 0.717) is 10.3 Å². The molecular weight excluding hydrogens is 356 g/mol. The Kier molecular flexibility index (Phi) is 3.93. The fourth-order valence-corrected chi connectivity index (χ4v) is 2.71. The van der Waals surface area contributed by atoms with Crippen molar-refractivity contribution in [1.82, 2.24) is 9.97 Å². The first-order chi connectivity index (χ1) is 8.88. The average molecular weight is 364 g/mol. The molecule has 19 heavy (non-hydrogen) atoms. The summed E-state index contributed by atoms with van der Waals surface area (Å²) in [7, 11) is -3.77. The number of halogens is 2. The summed E-state index contributed by atoms with van der Waals surface area (Å²) in [6, 6.07) is 4.05. The Hall–Kier alpha value is -1.38. The zero-order valence-corrected chi connectivity index (χ0v) is 12.5. The van der Waals surface area contributed by atoms with Gasteiger partial charge in [-0.1, -0.05) is 11.6 Å². The Morgan fingerprint density at radius 2 is 2.00 bits per heavy atom. The maximum absolute atomic E-state index is 12.1. The SMILES string of the molecule is Nc1ccc(S(=O)(=O)Nc2cnc(Br)cn2)cc1Cl. The van der Waals surface area contributed by atoms with Gasteiger partial charge in [-0.15, -0.1) is 0 Å². The van der Waals surface area contributed by atoms with Crippen LogP contribution in [0.4, 0.5) is 11.5 Å². The number of anilines is 2. The number of nitrogen functional groups attached to an aromatic ring is 1. The van der Waals surface area contributed by atoms with Crippen LogP contribution in [-0.4, -0.2) is 18.4 Å². The molecule has 0 bridgehead atoms. The molecule has 1 heterocycles. The first-order valence-electron chi connectivity index (χ1n) is 4.94. The van der Waals surface area contributed by atoms with Crippen LogP contribution in [0.3, 0.4) is 0 Å². The molecule has 2 rings (SSSR count). The molecule has 0 atom stereocenters. The number of aromatic nitrogens is 2. The van der Waals surface area contributed by atoms with Gasteiger partial charge in [-0.05, 0) is 34.1 Å². The van der Waals surface area contributed by atoms with E-state index in [-0.39, 0.29) is 15.7 Å². The van der Waals surface area contributed by atoms with Gasteiger partial charge in [-0.25, -0.2) is 18.4 Å². The third kappa shape index (κ3) is 3.34. The van der Waals surface area contributed by atoms with Crippen molar-refractivity contribution in [1.29, 1.82) is 0 Å². The summed E-state index contributed by atoms with van der Waals surface area (Å²) in [6.07, 6.45) is 2.67. The summed E-state index contributed by atoms with van der Waals surface area (Å²) in [4.78, 5) is 7.74. The number of benzene rings is 1. The van der Waals surface area contributed by atoms with Gasteiger partial charge < -0.3 is 5.73 Å². The predicted molar refractivity (Wildman–Crippen MR) is 76.4 cm³/mol. The molecule has 100 valence electrons. The third-order valence-electron chi connectivity index (χ3n) is 2.14. The second kappa shape index (κ2) is 5.32. The normalized spacial score (nSPS) is 11.3. The molecule has 0 radical (unpaired) electrons. The summed E-state index contributed by atoms with van der Waals surface area (Å²) in [5.41, 5.74) is 5.84. The lowest BCUT2D eigenvalue weighted by molar-refractivity contribution is 0.601. The van der Waals surface area contributed by atoms with Gasteiger partial charge in [0.2, 0.25) is 0 Å². The van der Waals surface area contributed by atoms with Crippen molar-refractivity contribution < 1.29 is 8.42 Å². The second-order valence-electron chi connectivity index (χ2n) is 3.51. The molecule has 2 aromatic rings. The van der Waals surface area contributed by atoms with Crippen LogP contribution in [0.5, 0.6) is 0 Å². The van der Waals surface area contributed by atoms with Crippen LogP contribution >= 0.6 is 27.5 Å². The number of sulfonamides is 1. The Morgan fingerprint density at radius 3 is 2.58 bits per heavy atom. The molecule has 0 amide bonds. The zero-order valence-electron chi connectivity index (χ0n) is 9.34. The van der Waals surface area contributed by atoms with E-state index in [1.54, 1.807) is 0 Å². The van der Waals surface area contributed by atoms with E-state index in [2.05, 4.69) is 30.6 Å². The van der Waals surface area contributed by atoms with Gasteiger partial charge in [0.05, 0.1) is 28.0 Å². The number of nitrogens with one attached hydrogen (secondary N) is 1. The van der Waals surface area contributed by atoms with Crippen molar-refractivity contribution >= 4 is 49.1 Å². The molecule has 1 aromatic carbocycles. The van der Waals surface area contributed by atoms with Crippen LogP contribution < -0.4 is 10.5 Å². The van der Waals surface area contributed by atoms with Crippen LogP contribution in [0.1, 0.15) is 0 Å². The van der Waals surface area contributed by atoms with E-state index in [4.69, 9.17) is 17.3 Å². The lowest BCUT2D eigenvalue weighted by atomic mass is 10.3. The molecule has 0 saturated heterocycles. The quantitative estimate of drug-likeness (QED) is 0.815. The van der Waals surface area contributed by atoms with Crippen molar-refractivity contribution in [3.63, 3.8) is 0 Å². The highest BCUT2D eigenvalue weighted by Gasteiger charge is 2.16. The zero-order chi connectivity index (χ0) is 14.0. The van der Waals surface area contributed by atoms with Crippen LogP contribution in [0, 0.1) is 0 Å². The Balaban J connectivity index is 2.32. The maximum atomic E-state index is 12.1. The van der Waals surface area contributed by atoms with Crippen LogP contribution in [-0.2, 0) is 10.0 Å². The largest absolute Gasteiger partial charge is 0.398 e. The topological polar surface area (TPSA) is 98.0 Å². The van der Waals surface area contributed by atoms with E-state index < -0.39 is 10.0 Å². The van der Waals surface area contributed by atoms with Crippen LogP contribution in [0.25, 0.3) is 0 Å². The Bertz CT molecular complexity index is 706. The Morgan fingerprint density at radius 1 is 1.26 bits per heavy atom. The fraction of sp³-hybridized carbons (Fsp3) is 0. The van der Waals surface area contributed by atoms with Crippen LogP contribution in [0.15, 0.2) is 40.1 Å². The van der Waals surface area contributed by atoms with E-state index >= 15 is 0 Å². The molecule has 9 heteroatoms. The number of hydrogen-bond donors (Lipinski definition) is 2. The smallest absolute Gasteiger partial charge is 0.263 e. The molecular formula is C10H8BrClN4O2S. The highest BCUT2D eigenvalue weighted by atomic mass is 79.9. The summed E-state index contributed by atoms with van der Waals surface area (Å²) in [5, 5.41) is 0.171. The molecule has 3 N–H and O–H groups in total. The van der Waals surface area contributed by atoms with Crippen LogP contribution in [0.2, 0.25) is 5.02 Å². The molecule has 0 aliphatic rings. The number of nitrogens with zero attached hydrogens (tertiary/aromatic N) is 2. The van der Waals surface area contributed by atoms with Crippen molar-refractivity contribution in [2.24, 2.45) is 0 Å². The second-order valence-corrected chi connectivity index (χ2v) is 6.42. The van der Waals surface area contributed by atoms with Gasteiger partial charge in [-0.3, -0.25) is 4.72 Å². The molecule has 0 spiro atoms. The fourth-order valence-electron chi connectivity index (χ4n) is 1.24. The molecule has 0 saturated carbocycles. The summed E-state index contributed by atoms with van der Waals surface area (Å²) in [6.45, 7) is 0. The molecule has 0 aliphatic carbocycles. The van der Waals surface area contributed by atoms with E-state index in [9.17, 15) is 8.42 Å². The van der Waals surface area contributed by atoms with E-state index in [1.165, 1.54) is 30.6 Å².